The van der Waals surface area contributed by atoms with Crippen molar-refractivity contribution in [2.45, 2.75) is 31.6 Å². The number of H-pyrrole nitrogens is 1. The molecule has 5 heteroatoms. The fraction of sp³-hybridized carbons (Fsp3) is 0.294. The van der Waals surface area contributed by atoms with Crippen molar-refractivity contribution in [1.29, 1.82) is 0 Å². The van der Waals surface area contributed by atoms with Crippen LogP contribution in [0.15, 0.2) is 48.9 Å². The number of hydrogen-bond donors (Lipinski definition) is 2. The van der Waals surface area contributed by atoms with Gasteiger partial charge in [-0.05, 0) is 24.5 Å². The van der Waals surface area contributed by atoms with E-state index in [1.165, 1.54) is 5.56 Å². The standard InChI is InChI=1S/C17H18N4O/c1-2-4-12(5-3-1)10-22-14-8-13(9-14)21-17-16-15(6-7-18-16)19-11-20-17/h1-7,11,13-14,18H,8-10H2,(H,19,20,21). The Hall–Kier alpha value is -2.40. The fourth-order valence-electron chi connectivity index (χ4n) is 2.78. The van der Waals surface area contributed by atoms with Crippen molar-refractivity contribution in [2.24, 2.45) is 0 Å². The highest BCUT2D eigenvalue weighted by atomic mass is 16.5. The molecule has 0 radical (unpaired) electrons. The van der Waals surface area contributed by atoms with Crippen LogP contribution in [0.25, 0.3) is 11.0 Å². The average Bonchev–Trinajstić information content (AvgIpc) is 3.00. The van der Waals surface area contributed by atoms with Crippen molar-refractivity contribution in [1.82, 2.24) is 15.0 Å². The van der Waals surface area contributed by atoms with Gasteiger partial charge < -0.3 is 15.0 Å². The quantitative estimate of drug-likeness (QED) is 0.759. The number of hydrogen-bond acceptors (Lipinski definition) is 4. The summed E-state index contributed by atoms with van der Waals surface area (Å²) in [5, 5.41) is 3.47. The molecule has 2 aromatic heterocycles. The molecule has 2 N–H and O–H groups in total. The van der Waals surface area contributed by atoms with Crippen LogP contribution in [0.4, 0.5) is 5.82 Å². The van der Waals surface area contributed by atoms with E-state index in [-0.39, 0.29) is 0 Å². The summed E-state index contributed by atoms with van der Waals surface area (Å²) < 4.78 is 5.92. The first-order valence-electron chi connectivity index (χ1n) is 7.58. The second-order valence-corrected chi connectivity index (χ2v) is 5.69. The van der Waals surface area contributed by atoms with Crippen LogP contribution in [-0.4, -0.2) is 27.1 Å². The maximum Gasteiger partial charge on any atom is 0.154 e. The van der Waals surface area contributed by atoms with Crippen molar-refractivity contribution in [2.75, 3.05) is 5.32 Å². The SMILES string of the molecule is c1ccc(COC2CC(Nc3ncnc4cc[nH]c34)C2)cc1. The second kappa shape index (κ2) is 5.77. The van der Waals surface area contributed by atoms with Gasteiger partial charge in [-0.25, -0.2) is 9.97 Å². The molecule has 0 atom stereocenters. The Labute approximate surface area is 128 Å². The number of nitrogens with one attached hydrogen (secondary N) is 2. The molecular weight excluding hydrogens is 276 g/mol. The van der Waals surface area contributed by atoms with Crippen LogP contribution in [-0.2, 0) is 11.3 Å². The van der Waals surface area contributed by atoms with E-state index in [0.29, 0.717) is 18.8 Å². The topological polar surface area (TPSA) is 62.8 Å². The lowest BCUT2D eigenvalue weighted by atomic mass is 9.89. The van der Waals surface area contributed by atoms with Crippen molar-refractivity contribution in [3.8, 4) is 0 Å². The Morgan fingerprint density at radius 3 is 2.86 bits per heavy atom. The van der Waals surface area contributed by atoms with Gasteiger partial charge in [-0.3, -0.25) is 0 Å². The van der Waals surface area contributed by atoms with E-state index >= 15 is 0 Å². The fourth-order valence-corrected chi connectivity index (χ4v) is 2.78. The third kappa shape index (κ3) is 2.67. The van der Waals surface area contributed by atoms with Gasteiger partial charge >= 0.3 is 0 Å². The molecule has 5 nitrogen and oxygen atoms in total. The molecule has 1 aliphatic carbocycles. The van der Waals surface area contributed by atoms with Crippen molar-refractivity contribution in [3.05, 3.63) is 54.5 Å². The van der Waals surface area contributed by atoms with Crippen molar-refractivity contribution < 1.29 is 4.74 Å². The molecule has 4 rings (SSSR count). The number of fused-ring (bicyclic) bond motifs is 1. The Balaban J connectivity index is 1.30. The molecule has 0 bridgehead atoms. The summed E-state index contributed by atoms with van der Waals surface area (Å²) >= 11 is 0. The number of rotatable bonds is 5. The van der Waals surface area contributed by atoms with Gasteiger partial charge in [-0.1, -0.05) is 30.3 Å². The smallest absolute Gasteiger partial charge is 0.154 e. The molecule has 0 aliphatic heterocycles. The van der Waals surface area contributed by atoms with Crippen LogP contribution >= 0.6 is 0 Å². The summed E-state index contributed by atoms with van der Waals surface area (Å²) in [6.45, 7) is 0.687. The number of nitrogens with zero attached hydrogens (tertiary/aromatic N) is 2. The number of ether oxygens (including phenoxy) is 1. The van der Waals surface area contributed by atoms with Gasteiger partial charge in [0.05, 0.1) is 18.2 Å². The highest BCUT2D eigenvalue weighted by molar-refractivity contribution is 5.85. The molecule has 2 heterocycles. The summed E-state index contributed by atoms with van der Waals surface area (Å²) in [6, 6.07) is 12.7. The van der Waals surface area contributed by atoms with Gasteiger partial charge in [-0.15, -0.1) is 0 Å². The second-order valence-electron chi connectivity index (χ2n) is 5.69. The van der Waals surface area contributed by atoms with E-state index in [2.05, 4.69) is 32.4 Å². The Bertz CT molecular complexity index is 749. The Kier molecular flexibility index (Phi) is 3.48. The summed E-state index contributed by atoms with van der Waals surface area (Å²) in [7, 11) is 0. The molecule has 22 heavy (non-hydrogen) atoms. The predicted molar refractivity (Wildman–Crippen MR) is 85.6 cm³/mol. The largest absolute Gasteiger partial charge is 0.373 e. The van der Waals surface area contributed by atoms with Gasteiger partial charge in [0, 0.05) is 12.2 Å². The monoisotopic (exact) mass is 294 g/mol. The maximum atomic E-state index is 5.92. The maximum absolute atomic E-state index is 5.92. The van der Waals surface area contributed by atoms with Crippen LogP contribution in [0.1, 0.15) is 18.4 Å². The Morgan fingerprint density at radius 1 is 1.14 bits per heavy atom. The van der Waals surface area contributed by atoms with Crippen LogP contribution in [0, 0.1) is 0 Å². The molecule has 1 aliphatic rings. The van der Waals surface area contributed by atoms with E-state index in [0.717, 1.165) is 29.7 Å². The van der Waals surface area contributed by atoms with E-state index < -0.39 is 0 Å². The zero-order valence-electron chi connectivity index (χ0n) is 12.2. The highest BCUT2D eigenvalue weighted by Crippen LogP contribution is 2.28. The van der Waals surface area contributed by atoms with Gasteiger partial charge in [0.1, 0.15) is 11.8 Å². The molecule has 0 saturated heterocycles. The van der Waals surface area contributed by atoms with Crippen LogP contribution in [0.3, 0.4) is 0 Å². The lowest BCUT2D eigenvalue weighted by molar-refractivity contribution is -0.0150. The minimum atomic E-state index is 0.332. The van der Waals surface area contributed by atoms with E-state index in [4.69, 9.17) is 4.74 Å². The molecule has 0 spiro atoms. The number of aromatic amines is 1. The number of aromatic nitrogens is 3. The first-order chi connectivity index (χ1) is 10.9. The molecule has 112 valence electrons. The molecule has 0 amide bonds. The van der Waals surface area contributed by atoms with Gasteiger partial charge in [-0.2, -0.15) is 0 Å². The third-order valence-electron chi connectivity index (χ3n) is 4.11. The summed E-state index contributed by atoms with van der Waals surface area (Å²) in [5.41, 5.74) is 3.13. The van der Waals surface area contributed by atoms with E-state index in [9.17, 15) is 0 Å². The van der Waals surface area contributed by atoms with Gasteiger partial charge in [0.25, 0.3) is 0 Å². The summed E-state index contributed by atoms with van der Waals surface area (Å²) in [6.07, 6.45) is 5.84. The lowest BCUT2D eigenvalue weighted by Crippen LogP contribution is -2.41. The minimum Gasteiger partial charge on any atom is -0.373 e. The molecule has 0 unspecified atom stereocenters. The van der Waals surface area contributed by atoms with Crippen molar-refractivity contribution >= 4 is 16.9 Å². The van der Waals surface area contributed by atoms with Crippen molar-refractivity contribution in [3.63, 3.8) is 0 Å². The molecule has 1 saturated carbocycles. The minimum absolute atomic E-state index is 0.332. The highest BCUT2D eigenvalue weighted by Gasteiger charge is 2.30. The van der Waals surface area contributed by atoms with Crippen LogP contribution in [0.5, 0.6) is 0 Å². The molecular formula is C17H18N4O. The van der Waals surface area contributed by atoms with Crippen LogP contribution in [0.2, 0.25) is 0 Å². The van der Waals surface area contributed by atoms with Crippen LogP contribution < -0.4 is 5.32 Å². The zero-order chi connectivity index (χ0) is 14.8. The van der Waals surface area contributed by atoms with Gasteiger partial charge in [0.2, 0.25) is 0 Å². The Morgan fingerprint density at radius 2 is 2.00 bits per heavy atom. The van der Waals surface area contributed by atoms with Gasteiger partial charge in [0.15, 0.2) is 5.82 Å². The first-order valence-corrected chi connectivity index (χ1v) is 7.58. The molecule has 1 fully saturated rings. The zero-order valence-corrected chi connectivity index (χ0v) is 12.2. The summed E-state index contributed by atoms with van der Waals surface area (Å²) in [4.78, 5) is 11.7. The lowest BCUT2D eigenvalue weighted by Gasteiger charge is -2.36. The normalized spacial score (nSPS) is 20.7. The first kappa shape index (κ1) is 13.3. The third-order valence-corrected chi connectivity index (χ3v) is 4.11. The number of benzene rings is 1. The number of anilines is 1. The summed E-state index contributed by atoms with van der Waals surface area (Å²) in [5.74, 6) is 0.876. The molecule has 3 aromatic rings. The molecule has 1 aromatic carbocycles. The van der Waals surface area contributed by atoms with E-state index in [1.807, 2.05) is 30.5 Å². The predicted octanol–water partition coefficient (Wildman–Crippen LogP) is 3.12. The average molecular weight is 294 g/mol. The van der Waals surface area contributed by atoms with E-state index in [1.54, 1.807) is 6.33 Å².